The Morgan fingerprint density at radius 3 is 2.37 bits per heavy atom. The molecule has 0 saturated carbocycles. The number of likely N-dealkylation sites (tertiary alicyclic amines) is 1. The van der Waals surface area contributed by atoms with Crippen molar-refractivity contribution < 1.29 is 38.1 Å². The van der Waals surface area contributed by atoms with Gasteiger partial charge in [-0.15, -0.1) is 0 Å². The Morgan fingerprint density at radius 2 is 1.72 bits per heavy atom. The van der Waals surface area contributed by atoms with E-state index in [2.05, 4.69) is 15.4 Å². The minimum Gasteiger partial charge on any atom is -0.396 e. The quantitative estimate of drug-likeness (QED) is 0.291. The van der Waals surface area contributed by atoms with Gasteiger partial charge in [-0.1, -0.05) is 0 Å². The van der Waals surface area contributed by atoms with E-state index in [1.165, 1.54) is 12.1 Å². The monoisotopic (exact) mass is 605 g/mol. The van der Waals surface area contributed by atoms with Crippen molar-refractivity contribution in [3.63, 3.8) is 0 Å². The third-order valence-electron chi connectivity index (χ3n) is 7.54. The Bertz CT molecular complexity index is 1170. The van der Waals surface area contributed by atoms with Crippen molar-refractivity contribution >= 4 is 11.8 Å². The van der Waals surface area contributed by atoms with Gasteiger partial charge in [0.25, 0.3) is 11.8 Å². The van der Waals surface area contributed by atoms with Crippen molar-refractivity contribution in [2.24, 2.45) is 0 Å². The van der Waals surface area contributed by atoms with Gasteiger partial charge in [0.15, 0.2) is 0 Å². The number of amides is 2. The first-order valence-corrected chi connectivity index (χ1v) is 14.9. The van der Waals surface area contributed by atoms with Crippen LogP contribution < -0.4 is 10.6 Å². The molecule has 9 nitrogen and oxygen atoms in total. The molecule has 4 N–H and O–H groups in total. The van der Waals surface area contributed by atoms with Crippen LogP contribution in [0.3, 0.4) is 0 Å². The Balaban J connectivity index is 0.00000162. The van der Waals surface area contributed by atoms with Crippen molar-refractivity contribution in [1.29, 1.82) is 0 Å². The smallest absolute Gasteiger partial charge is 0.253 e. The Hall–Kier alpha value is -2.96. The molecule has 2 heterocycles. The molecule has 4 rings (SSSR count). The lowest BCUT2D eigenvalue weighted by molar-refractivity contribution is -0.0113. The predicted molar refractivity (Wildman–Crippen MR) is 159 cm³/mol. The molecule has 2 aromatic rings. The highest BCUT2D eigenvalue weighted by atomic mass is 19.1. The van der Waals surface area contributed by atoms with E-state index >= 15 is 0 Å². The number of aliphatic hydroxyl groups is 2. The molecule has 2 fully saturated rings. The number of methoxy groups -OCH3 is 1. The number of carbonyl (C=O) groups is 2. The fraction of sp³-hybridized carbons (Fsp3) is 0.562. The van der Waals surface area contributed by atoms with Crippen LogP contribution >= 0.6 is 0 Å². The van der Waals surface area contributed by atoms with Gasteiger partial charge in [0.05, 0.1) is 18.2 Å². The van der Waals surface area contributed by atoms with Crippen LogP contribution in [0.5, 0.6) is 0 Å². The fourth-order valence-electron chi connectivity index (χ4n) is 5.55. The topological polar surface area (TPSA) is 120 Å². The zero-order valence-corrected chi connectivity index (χ0v) is 25.3. The number of nitrogens with one attached hydrogen (secondary N) is 2. The Labute approximate surface area is 252 Å². The van der Waals surface area contributed by atoms with E-state index in [1.54, 1.807) is 37.3 Å². The summed E-state index contributed by atoms with van der Waals surface area (Å²) in [5, 5.41) is 26.6. The summed E-state index contributed by atoms with van der Waals surface area (Å²) in [6.07, 6.45) is 2.37. The zero-order valence-electron chi connectivity index (χ0n) is 25.3. The van der Waals surface area contributed by atoms with E-state index in [1.807, 2.05) is 6.92 Å². The number of ether oxygens (including phenoxy) is 2. The molecule has 43 heavy (non-hydrogen) atoms. The molecule has 2 aromatic carbocycles. The molecule has 0 radical (unpaired) electrons. The predicted octanol–water partition coefficient (Wildman–Crippen LogP) is 2.99. The van der Waals surface area contributed by atoms with Crippen molar-refractivity contribution in [2.45, 2.75) is 69.7 Å². The van der Waals surface area contributed by atoms with Gasteiger partial charge in [0.1, 0.15) is 11.6 Å². The minimum atomic E-state index is -1.10. The van der Waals surface area contributed by atoms with Crippen LogP contribution in [-0.2, 0) is 15.9 Å². The summed E-state index contributed by atoms with van der Waals surface area (Å²) in [6, 6.07) is 6.79. The second-order valence-corrected chi connectivity index (χ2v) is 11.2. The number of halogens is 2. The maximum atomic E-state index is 14.0. The fourth-order valence-corrected chi connectivity index (χ4v) is 5.55. The van der Waals surface area contributed by atoms with Gasteiger partial charge < -0.3 is 35.2 Å². The van der Waals surface area contributed by atoms with Crippen molar-refractivity contribution in [2.75, 3.05) is 47.1 Å². The first-order chi connectivity index (χ1) is 20.6. The van der Waals surface area contributed by atoms with Crippen molar-refractivity contribution in [3.05, 3.63) is 70.3 Å². The number of benzene rings is 2. The van der Waals surface area contributed by atoms with Gasteiger partial charge in [0, 0.05) is 63.8 Å². The Morgan fingerprint density at radius 1 is 1.07 bits per heavy atom. The maximum Gasteiger partial charge on any atom is 0.253 e. The van der Waals surface area contributed by atoms with Crippen molar-refractivity contribution in [3.8, 4) is 0 Å². The van der Waals surface area contributed by atoms with Crippen LogP contribution in [-0.4, -0.2) is 98.3 Å². The largest absolute Gasteiger partial charge is 0.396 e. The summed E-state index contributed by atoms with van der Waals surface area (Å²) in [7, 11) is 3.25. The molecular weight excluding hydrogens is 560 g/mol. The summed E-state index contributed by atoms with van der Waals surface area (Å²) in [6.45, 7) is 4.19. The van der Waals surface area contributed by atoms with Gasteiger partial charge in [-0.25, -0.2) is 8.78 Å². The van der Waals surface area contributed by atoms with Crippen LogP contribution in [0.1, 0.15) is 63.9 Å². The van der Waals surface area contributed by atoms with Crippen LogP contribution in [0.15, 0.2) is 36.4 Å². The molecule has 0 aliphatic carbocycles. The first kappa shape index (κ1) is 34.5. The number of hydrogen-bond acceptors (Lipinski definition) is 7. The third kappa shape index (κ3) is 10.6. The number of piperidine rings is 1. The average Bonchev–Trinajstić information content (AvgIpc) is 3.51. The van der Waals surface area contributed by atoms with Gasteiger partial charge in [-0.2, -0.15) is 0 Å². The molecular formula is C32H45F2N3O6. The lowest BCUT2D eigenvalue weighted by atomic mass is 9.90. The SMILES string of the molecule is COC.Cc1cc(C(=O)NC(Cc2cc(F)cc(F)c2)C(O)C2CC(OCCCO)CCN2)cc(C(=O)N2CCCC2)c1. The molecule has 4 atom stereocenters. The zero-order chi connectivity index (χ0) is 31.4. The highest BCUT2D eigenvalue weighted by Gasteiger charge is 2.34. The highest BCUT2D eigenvalue weighted by Crippen LogP contribution is 2.21. The van der Waals surface area contributed by atoms with Crippen molar-refractivity contribution in [1.82, 2.24) is 15.5 Å². The minimum absolute atomic E-state index is 0.0127. The lowest BCUT2D eigenvalue weighted by Gasteiger charge is -2.37. The van der Waals surface area contributed by atoms with Crippen LogP contribution in [0.4, 0.5) is 8.78 Å². The second kappa shape index (κ2) is 17.4. The van der Waals surface area contributed by atoms with Gasteiger partial charge in [-0.3, -0.25) is 9.59 Å². The molecule has 4 unspecified atom stereocenters. The molecule has 2 saturated heterocycles. The van der Waals surface area contributed by atoms with E-state index in [-0.39, 0.29) is 30.6 Å². The normalized spacial score (nSPS) is 19.7. The number of rotatable bonds is 11. The molecule has 0 aromatic heterocycles. The second-order valence-electron chi connectivity index (χ2n) is 11.2. The molecule has 11 heteroatoms. The third-order valence-corrected chi connectivity index (χ3v) is 7.54. The standard InChI is InChI=1S/C30H39F2N3O5.C2H6O/c1-19-11-21(16-22(12-19)30(39)35-7-2-3-8-35)29(38)34-27(15-20-13-23(31)17-24(32)14-20)28(37)26-18-25(5-6-33-26)40-10-4-9-36;1-3-2/h11-14,16-17,25-28,33,36-37H,2-10,15,18H2,1H3,(H,34,38);1-2H3. The number of carbonyl (C=O) groups excluding carboxylic acids is 2. The van der Waals surface area contributed by atoms with E-state index in [9.17, 15) is 23.5 Å². The molecule has 2 amide bonds. The number of aliphatic hydroxyl groups excluding tert-OH is 2. The summed E-state index contributed by atoms with van der Waals surface area (Å²) >= 11 is 0. The van der Waals surface area contributed by atoms with Gasteiger partial charge in [-0.05, 0) is 93.5 Å². The van der Waals surface area contributed by atoms with Crippen LogP contribution in [0, 0.1) is 18.6 Å². The molecule has 2 aliphatic rings. The van der Waals surface area contributed by atoms with Gasteiger partial charge in [0.2, 0.25) is 0 Å². The summed E-state index contributed by atoms with van der Waals surface area (Å²) in [5.41, 5.74) is 1.74. The highest BCUT2D eigenvalue weighted by molar-refractivity contribution is 6.00. The first-order valence-electron chi connectivity index (χ1n) is 14.9. The average molecular weight is 606 g/mol. The molecule has 0 bridgehead atoms. The number of aryl methyl sites for hydroxylation is 1. The molecule has 2 aliphatic heterocycles. The summed E-state index contributed by atoms with van der Waals surface area (Å²) in [4.78, 5) is 28.3. The molecule has 238 valence electrons. The van der Waals surface area contributed by atoms with E-state index in [4.69, 9.17) is 9.84 Å². The maximum absolute atomic E-state index is 14.0. The Kier molecular flexibility index (Phi) is 13.9. The summed E-state index contributed by atoms with van der Waals surface area (Å²) < 4.78 is 38.1. The van der Waals surface area contributed by atoms with E-state index in [0.29, 0.717) is 50.2 Å². The summed E-state index contributed by atoms with van der Waals surface area (Å²) in [5.74, 6) is -2.11. The van der Waals surface area contributed by atoms with Gasteiger partial charge >= 0.3 is 0 Å². The number of nitrogens with zero attached hydrogens (tertiary/aromatic N) is 1. The van der Waals surface area contributed by atoms with E-state index in [0.717, 1.165) is 30.9 Å². The number of hydrogen-bond donors (Lipinski definition) is 4. The lowest BCUT2D eigenvalue weighted by Crippen LogP contribution is -2.57. The molecule has 0 spiro atoms. The van der Waals surface area contributed by atoms with Crippen LogP contribution in [0.25, 0.3) is 0 Å². The van der Waals surface area contributed by atoms with Crippen LogP contribution in [0.2, 0.25) is 0 Å². The van der Waals surface area contributed by atoms with E-state index < -0.39 is 35.7 Å².